The van der Waals surface area contributed by atoms with E-state index in [-0.39, 0.29) is 11.3 Å². The van der Waals surface area contributed by atoms with E-state index < -0.39 is 0 Å². The lowest BCUT2D eigenvalue weighted by Gasteiger charge is -2.14. The second-order valence-corrected chi connectivity index (χ2v) is 9.11. The molecule has 1 heterocycles. The van der Waals surface area contributed by atoms with Crippen molar-refractivity contribution in [3.63, 3.8) is 0 Å². The van der Waals surface area contributed by atoms with Gasteiger partial charge in [0.15, 0.2) is 5.82 Å². The molecule has 2 N–H and O–H groups in total. The van der Waals surface area contributed by atoms with Crippen molar-refractivity contribution >= 4 is 79.5 Å². The maximum atomic E-state index is 12.4. The van der Waals surface area contributed by atoms with Crippen LogP contribution in [0.25, 0.3) is 0 Å². The Morgan fingerprint density at radius 2 is 1.86 bits per heavy atom. The summed E-state index contributed by atoms with van der Waals surface area (Å²) >= 11 is 6.65. The Morgan fingerprint density at radius 1 is 1.19 bits per heavy atom. The molecule has 1 aromatic carbocycles. The number of rotatable bonds is 2. The van der Waals surface area contributed by atoms with E-state index >= 15 is 0 Å². The fourth-order valence-corrected chi connectivity index (χ4v) is 4.08. The van der Waals surface area contributed by atoms with Gasteiger partial charge in [0.05, 0.1) is 5.56 Å². The highest BCUT2D eigenvalue weighted by atomic mass is 127. The molecule has 2 aromatic rings. The van der Waals surface area contributed by atoms with Gasteiger partial charge in [-0.1, -0.05) is 20.8 Å². The van der Waals surface area contributed by atoms with E-state index in [1.807, 2.05) is 18.2 Å². The third kappa shape index (κ3) is 4.30. The van der Waals surface area contributed by atoms with E-state index in [1.54, 1.807) is 0 Å². The summed E-state index contributed by atoms with van der Waals surface area (Å²) in [5.74, 6) is 0.414. The number of amides is 1. The van der Waals surface area contributed by atoms with Crippen LogP contribution in [-0.4, -0.2) is 16.1 Å². The normalized spacial score (nSPS) is 11.5. The first-order valence-corrected chi connectivity index (χ1v) is 9.44. The minimum atomic E-state index is -0.136. The van der Waals surface area contributed by atoms with Crippen LogP contribution in [0.15, 0.2) is 18.2 Å². The molecule has 7 heteroatoms. The van der Waals surface area contributed by atoms with Crippen LogP contribution in [-0.2, 0) is 5.41 Å². The zero-order valence-corrected chi connectivity index (χ0v) is 18.2. The fraction of sp³-hybridized carbons (Fsp3) is 0.286. The van der Waals surface area contributed by atoms with Crippen molar-refractivity contribution in [2.75, 3.05) is 5.32 Å². The van der Waals surface area contributed by atoms with E-state index in [4.69, 9.17) is 0 Å². The number of nitrogens with one attached hydrogen (secondary N) is 2. The highest BCUT2D eigenvalue weighted by molar-refractivity contribution is 14.1. The fourth-order valence-electron chi connectivity index (χ4n) is 1.67. The molecule has 21 heavy (non-hydrogen) atoms. The second-order valence-electron chi connectivity index (χ2n) is 5.62. The van der Waals surface area contributed by atoms with E-state index in [0.717, 1.165) is 16.4 Å². The molecule has 0 spiro atoms. The van der Waals surface area contributed by atoms with Gasteiger partial charge >= 0.3 is 0 Å². The Labute approximate surface area is 164 Å². The number of carbonyl (C=O) groups is 1. The van der Waals surface area contributed by atoms with E-state index in [2.05, 4.69) is 104 Å². The van der Waals surface area contributed by atoms with E-state index in [9.17, 15) is 4.79 Å². The van der Waals surface area contributed by atoms with Crippen LogP contribution in [0.2, 0.25) is 0 Å². The first kappa shape index (κ1) is 17.4. The van der Waals surface area contributed by atoms with Crippen molar-refractivity contribution in [1.29, 1.82) is 0 Å². The average Bonchev–Trinajstić information content (AvgIpc) is 2.82. The van der Waals surface area contributed by atoms with Crippen LogP contribution in [0.3, 0.4) is 0 Å². The van der Waals surface area contributed by atoms with Gasteiger partial charge in [-0.2, -0.15) is 5.10 Å². The molecule has 1 amide bonds. The maximum absolute atomic E-state index is 12.4. The number of carbonyl (C=O) groups excluding carboxylic acids is 1. The first-order chi connectivity index (χ1) is 9.68. The Hall–Kier alpha value is 0.0900. The number of anilines is 1. The molecule has 4 nitrogen and oxygen atoms in total. The minimum Gasteiger partial charge on any atom is -0.305 e. The number of H-pyrrole nitrogens is 1. The van der Waals surface area contributed by atoms with E-state index in [1.165, 1.54) is 0 Å². The summed E-state index contributed by atoms with van der Waals surface area (Å²) in [6.07, 6.45) is 0. The molecule has 0 radical (unpaired) electrons. The zero-order valence-electron chi connectivity index (χ0n) is 11.7. The van der Waals surface area contributed by atoms with Gasteiger partial charge in [0.1, 0.15) is 0 Å². The molecule has 0 aliphatic rings. The third-order valence-corrected chi connectivity index (χ3v) is 6.53. The number of benzene rings is 1. The summed E-state index contributed by atoms with van der Waals surface area (Å²) in [4.78, 5) is 12.4. The predicted molar refractivity (Wildman–Crippen MR) is 110 cm³/mol. The minimum absolute atomic E-state index is 0.0259. The number of aromatic nitrogens is 2. The molecule has 0 fully saturated rings. The van der Waals surface area contributed by atoms with Crippen LogP contribution in [0.4, 0.5) is 5.82 Å². The predicted octanol–water partition coefficient (Wildman–Crippen LogP) is 4.77. The van der Waals surface area contributed by atoms with Crippen molar-refractivity contribution in [1.82, 2.24) is 10.2 Å². The van der Waals surface area contributed by atoms with Crippen molar-refractivity contribution in [2.45, 2.75) is 26.2 Å². The summed E-state index contributed by atoms with van der Waals surface area (Å²) in [5, 5.41) is 9.98. The summed E-state index contributed by atoms with van der Waals surface area (Å²) < 4.78 is 3.07. The smallest absolute Gasteiger partial charge is 0.258 e. The lowest BCUT2D eigenvalue weighted by molar-refractivity contribution is 0.102. The van der Waals surface area contributed by atoms with Gasteiger partial charge in [-0.25, -0.2) is 0 Å². The number of aromatic amines is 1. The number of hydrogen-bond acceptors (Lipinski definition) is 2. The Kier molecular flexibility index (Phi) is 5.55. The monoisotopic (exact) mass is 621 g/mol. The van der Waals surface area contributed by atoms with Crippen LogP contribution < -0.4 is 5.32 Å². The Bertz CT molecular complexity index is 689. The molecule has 0 aliphatic heterocycles. The SMILES string of the molecule is CC(C)(C)c1cc(NC(=O)c2cc(I)cc(I)c2I)n[nH]1. The van der Waals surface area contributed by atoms with Gasteiger partial charge in [0, 0.05) is 27.9 Å². The molecule has 1 aromatic heterocycles. The van der Waals surface area contributed by atoms with Crippen LogP contribution in [0.1, 0.15) is 36.8 Å². The molecule has 0 saturated carbocycles. The van der Waals surface area contributed by atoms with Gasteiger partial charge < -0.3 is 5.32 Å². The van der Waals surface area contributed by atoms with Crippen molar-refractivity contribution in [2.24, 2.45) is 0 Å². The Morgan fingerprint density at radius 3 is 2.43 bits per heavy atom. The van der Waals surface area contributed by atoms with Gasteiger partial charge in [-0.3, -0.25) is 9.89 Å². The van der Waals surface area contributed by atoms with Crippen molar-refractivity contribution < 1.29 is 4.79 Å². The topological polar surface area (TPSA) is 57.8 Å². The lowest BCUT2D eigenvalue weighted by atomic mass is 9.92. The van der Waals surface area contributed by atoms with Crippen molar-refractivity contribution in [3.8, 4) is 0 Å². The molecule has 0 atom stereocenters. The number of nitrogens with zero attached hydrogens (tertiary/aromatic N) is 1. The zero-order chi connectivity index (χ0) is 15.8. The van der Waals surface area contributed by atoms with Gasteiger partial charge in [-0.15, -0.1) is 0 Å². The van der Waals surface area contributed by atoms with Gasteiger partial charge in [0.2, 0.25) is 0 Å². The number of hydrogen-bond donors (Lipinski definition) is 2. The van der Waals surface area contributed by atoms with Crippen molar-refractivity contribution in [3.05, 3.63) is 40.2 Å². The van der Waals surface area contributed by atoms with Crippen LogP contribution >= 0.6 is 67.8 Å². The lowest BCUT2D eigenvalue weighted by Crippen LogP contribution is -2.15. The largest absolute Gasteiger partial charge is 0.305 e. The van der Waals surface area contributed by atoms with Crippen LogP contribution in [0, 0.1) is 10.7 Å². The number of halogens is 3. The Balaban J connectivity index is 2.25. The molecule has 112 valence electrons. The summed E-state index contributed by atoms with van der Waals surface area (Å²) in [6.45, 7) is 6.28. The van der Waals surface area contributed by atoms with E-state index in [0.29, 0.717) is 11.4 Å². The van der Waals surface area contributed by atoms with Crippen LogP contribution in [0.5, 0.6) is 0 Å². The summed E-state index contributed by atoms with van der Waals surface area (Å²) in [5.41, 5.74) is 1.64. The molecular weight excluding hydrogens is 607 g/mol. The third-order valence-electron chi connectivity index (χ3n) is 2.87. The molecular formula is C14H14I3N3O. The van der Waals surface area contributed by atoms with Gasteiger partial charge in [-0.05, 0) is 79.9 Å². The second kappa shape index (κ2) is 6.69. The summed E-state index contributed by atoms with van der Waals surface area (Å²) in [6, 6.07) is 5.81. The molecule has 0 aliphatic carbocycles. The highest BCUT2D eigenvalue weighted by Gasteiger charge is 2.19. The maximum Gasteiger partial charge on any atom is 0.258 e. The summed E-state index contributed by atoms with van der Waals surface area (Å²) in [7, 11) is 0. The molecule has 0 saturated heterocycles. The molecule has 0 unspecified atom stereocenters. The first-order valence-electron chi connectivity index (χ1n) is 6.20. The highest BCUT2D eigenvalue weighted by Crippen LogP contribution is 2.25. The average molecular weight is 621 g/mol. The standard InChI is InChI=1S/C14H14I3N3O/c1-14(2,3)10-6-11(20-19-10)18-13(21)8-4-7(15)5-9(16)12(8)17/h4-6H,1-3H3,(H2,18,19,20,21). The van der Waals surface area contributed by atoms with Gasteiger partial charge in [0.25, 0.3) is 5.91 Å². The molecule has 0 bridgehead atoms. The quantitative estimate of drug-likeness (QED) is 0.376. The molecule has 2 rings (SSSR count).